The normalized spacial score (nSPS) is 12.4. The summed E-state index contributed by atoms with van der Waals surface area (Å²) in [4.78, 5) is 12.7. The fourth-order valence-corrected chi connectivity index (χ4v) is 3.58. The van der Waals surface area contributed by atoms with Gasteiger partial charge in [0, 0.05) is 4.90 Å². The maximum atomic E-state index is 13.5. The Morgan fingerprint density at radius 3 is 2.68 bits per heavy atom. The molecule has 6 heteroatoms. The zero-order valence-electron chi connectivity index (χ0n) is 9.82. The van der Waals surface area contributed by atoms with Crippen LogP contribution in [0.25, 0.3) is 0 Å². The SMILES string of the molecule is CC(Sc1cc(F)ccc1F)C(=O)c1ccc(Cl)s1. The number of halogens is 3. The van der Waals surface area contributed by atoms with E-state index in [2.05, 4.69) is 0 Å². The van der Waals surface area contributed by atoms with E-state index >= 15 is 0 Å². The van der Waals surface area contributed by atoms with Crippen molar-refractivity contribution >= 4 is 40.5 Å². The Labute approximate surface area is 122 Å². The third-order valence-electron chi connectivity index (χ3n) is 2.38. The van der Waals surface area contributed by atoms with Crippen LogP contribution < -0.4 is 0 Å². The van der Waals surface area contributed by atoms with Gasteiger partial charge in [0.05, 0.1) is 14.5 Å². The molecule has 1 unspecified atom stereocenters. The summed E-state index contributed by atoms with van der Waals surface area (Å²) in [6, 6.07) is 6.46. The van der Waals surface area contributed by atoms with E-state index < -0.39 is 16.9 Å². The summed E-state index contributed by atoms with van der Waals surface area (Å²) in [6.07, 6.45) is 0. The van der Waals surface area contributed by atoms with Gasteiger partial charge in [-0.05, 0) is 37.3 Å². The minimum absolute atomic E-state index is 0.128. The lowest BCUT2D eigenvalue weighted by Gasteiger charge is -2.09. The van der Waals surface area contributed by atoms with E-state index in [4.69, 9.17) is 11.6 Å². The fourth-order valence-electron chi connectivity index (χ4n) is 1.46. The maximum Gasteiger partial charge on any atom is 0.185 e. The molecule has 0 N–H and O–H groups in total. The number of Topliss-reactive ketones (excluding diaryl/α,β-unsaturated/α-hetero) is 1. The summed E-state index contributed by atoms with van der Waals surface area (Å²) in [5.74, 6) is -1.21. The number of rotatable bonds is 4. The molecule has 100 valence electrons. The molecule has 19 heavy (non-hydrogen) atoms. The van der Waals surface area contributed by atoms with Crippen molar-refractivity contribution in [1.29, 1.82) is 0 Å². The summed E-state index contributed by atoms with van der Waals surface area (Å²) in [5.41, 5.74) is 0. The lowest BCUT2D eigenvalue weighted by molar-refractivity contribution is 0.0998. The van der Waals surface area contributed by atoms with E-state index in [0.29, 0.717) is 9.21 Å². The van der Waals surface area contributed by atoms with Crippen LogP contribution in [0.2, 0.25) is 4.34 Å². The van der Waals surface area contributed by atoms with E-state index in [9.17, 15) is 13.6 Å². The van der Waals surface area contributed by atoms with Crippen LogP contribution in [0.15, 0.2) is 35.2 Å². The first-order valence-electron chi connectivity index (χ1n) is 5.38. The quantitative estimate of drug-likeness (QED) is 0.580. The zero-order valence-corrected chi connectivity index (χ0v) is 12.2. The predicted molar refractivity (Wildman–Crippen MR) is 75.3 cm³/mol. The fraction of sp³-hybridized carbons (Fsp3) is 0.154. The number of carbonyl (C=O) groups excluding carboxylic acids is 1. The average molecular weight is 319 g/mol. The highest BCUT2D eigenvalue weighted by atomic mass is 35.5. The zero-order chi connectivity index (χ0) is 14.0. The molecule has 2 rings (SSSR count). The number of benzene rings is 1. The molecule has 1 nitrogen and oxygen atoms in total. The van der Waals surface area contributed by atoms with Gasteiger partial charge in [0.1, 0.15) is 11.6 Å². The van der Waals surface area contributed by atoms with Gasteiger partial charge in [0.15, 0.2) is 5.78 Å². The molecule has 0 radical (unpaired) electrons. The van der Waals surface area contributed by atoms with Crippen LogP contribution in [0.1, 0.15) is 16.6 Å². The molecule has 1 heterocycles. The number of carbonyl (C=O) groups is 1. The Kier molecular flexibility index (Phi) is 4.60. The molecule has 0 aliphatic rings. The van der Waals surface area contributed by atoms with Crippen LogP contribution >= 0.6 is 34.7 Å². The second-order valence-electron chi connectivity index (χ2n) is 3.80. The molecular formula is C13H9ClF2OS2. The molecule has 0 aliphatic carbocycles. The van der Waals surface area contributed by atoms with Gasteiger partial charge >= 0.3 is 0 Å². The van der Waals surface area contributed by atoms with E-state index in [1.807, 2.05) is 0 Å². The van der Waals surface area contributed by atoms with Gasteiger partial charge in [-0.25, -0.2) is 8.78 Å². The van der Waals surface area contributed by atoms with Crippen LogP contribution in [0.4, 0.5) is 8.78 Å². The number of hydrogen-bond donors (Lipinski definition) is 0. The van der Waals surface area contributed by atoms with Crippen LogP contribution in [-0.2, 0) is 0 Å². The van der Waals surface area contributed by atoms with Crippen molar-refractivity contribution < 1.29 is 13.6 Å². The Bertz CT molecular complexity index is 612. The smallest absolute Gasteiger partial charge is 0.185 e. The van der Waals surface area contributed by atoms with Crippen molar-refractivity contribution in [2.24, 2.45) is 0 Å². The van der Waals surface area contributed by atoms with Crippen LogP contribution in [0.5, 0.6) is 0 Å². The number of thioether (sulfide) groups is 1. The van der Waals surface area contributed by atoms with Crippen molar-refractivity contribution in [2.75, 3.05) is 0 Å². The molecular weight excluding hydrogens is 310 g/mol. The highest BCUT2D eigenvalue weighted by Crippen LogP contribution is 2.31. The van der Waals surface area contributed by atoms with Crippen LogP contribution in [0, 0.1) is 11.6 Å². The molecule has 0 bridgehead atoms. The minimum Gasteiger partial charge on any atom is -0.292 e. The first kappa shape index (κ1) is 14.5. The maximum absolute atomic E-state index is 13.5. The van der Waals surface area contributed by atoms with Gasteiger partial charge in [0.25, 0.3) is 0 Å². The summed E-state index contributed by atoms with van der Waals surface area (Å²) in [6.45, 7) is 1.66. The number of ketones is 1. The van der Waals surface area contributed by atoms with Gasteiger partial charge in [-0.2, -0.15) is 0 Å². The second kappa shape index (κ2) is 6.03. The van der Waals surface area contributed by atoms with Crippen molar-refractivity contribution in [3.63, 3.8) is 0 Å². The third-order valence-corrected chi connectivity index (χ3v) is 4.76. The molecule has 0 saturated heterocycles. The summed E-state index contributed by atoms with van der Waals surface area (Å²) >= 11 is 7.94. The van der Waals surface area contributed by atoms with Gasteiger partial charge < -0.3 is 0 Å². The standard InChI is InChI=1S/C13H9ClF2OS2/c1-7(13(17)10-4-5-12(14)19-10)18-11-6-8(15)2-3-9(11)16/h2-7H,1H3. The summed E-state index contributed by atoms with van der Waals surface area (Å²) in [5, 5.41) is -0.508. The van der Waals surface area contributed by atoms with Crippen molar-refractivity contribution in [2.45, 2.75) is 17.1 Å². The van der Waals surface area contributed by atoms with E-state index in [0.717, 1.165) is 30.0 Å². The second-order valence-corrected chi connectivity index (χ2v) is 6.90. The summed E-state index contributed by atoms with van der Waals surface area (Å²) < 4.78 is 27.1. The van der Waals surface area contributed by atoms with Gasteiger partial charge in [-0.15, -0.1) is 23.1 Å². The van der Waals surface area contributed by atoms with Crippen LogP contribution in [-0.4, -0.2) is 11.0 Å². The molecule has 1 atom stereocenters. The molecule has 0 amide bonds. The van der Waals surface area contributed by atoms with Crippen LogP contribution in [0.3, 0.4) is 0 Å². The number of hydrogen-bond acceptors (Lipinski definition) is 3. The minimum atomic E-state index is -0.532. The van der Waals surface area contributed by atoms with E-state index in [1.54, 1.807) is 19.1 Å². The van der Waals surface area contributed by atoms with E-state index in [-0.39, 0.29) is 10.7 Å². The first-order chi connectivity index (χ1) is 8.97. The van der Waals surface area contributed by atoms with Gasteiger partial charge in [-0.3, -0.25) is 4.79 Å². The molecule has 0 fully saturated rings. The molecule has 0 aliphatic heterocycles. The van der Waals surface area contributed by atoms with Crippen molar-refractivity contribution in [1.82, 2.24) is 0 Å². The Morgan fingerprint density at radius 2 is 2.05 bits per heavy atom. The van der Waals surface area contributed by atoms with Gasteiger partial charge in [-0.1, -0.05) is 11.6 Å². The topological polar surface area (TPSA) is 17.1 Å². The lowest BCUT2D eigenvalue weighted by atomic mass is 10.2. The van der Waals surface area contributed by atoms with Crippen molar-refractivity contribution in [3.8, 4) is 0 Å². The Morgan fingerprint density at radius 1 is 1.32 bits per heavy atom. The molecule has 1 aromatic carbocycles. The highest BCUT2D eigenvalue weighted by molar-refractivity contribution is 8.00. The predicted octanol–water partition coefficient (Wildman–Crippen LogP) is 5.04. The molecule has 1 aromatic heterocycles. The number of thiophene rings is 1. The van der Waals surface area contributed by atoms with Gasteiger partial charge in [0.2, 0.25) is 0 Å². The monoisotopic (exact) mass is 318 g/mol. The largest absolute Gasteiger partial charge is 0.292 e. The Balaban J connectivity index is 2.14. The molecule has 2 aromatic rings. The summed E-state index contributed by atoms with van der Waals surface area (Å²) in [7, 11) is 0. The van der Waals surface area contributed by atoms with Crippen molar-refractivity contribution in [3.05, 3.63) is 51.2 Å². The lowest BCUT2D eigenvalue weighted by Crippen LogP contribution is -2.12. The highest BCUT2D eigenvalue weighted by Gasteiger charge is 2.20. The molecule has 0 spiro atoms. The Hall–Kier alpha value is -0.910. The van der Waals surface area contributed by atoms with E-state index in [1.165, 1.54) is 11.3 Å². The third kappa shape index (κ3) is 3.55. The first-order valence-corrected chi connectivity index (χ1v) is 7.46. The molecule has 0 saturated carbocycles. The average Bonchev–Trinajstić information content (AvgIpc) is 2.79.